The Labute approximate surface area is 154 Å². The second kappa shape index (κ2) is 9.91. The average Bonchev–Trinajstić information content (AvgIpc) is 2.62. The molecule has 142 valence electrons. The molecule has 1 amide bonds. The number of benzene rings is 1. The number of nitrogens with zero attached hydrogens (tertiary/aromatic N) is 1. The minimum Gasteiger partial charge on any atom is -0.465 e. The summed E-state index contributed by atoms with van der Waals surface area (Å²) in [5, 5.41) is 10.2. The molecule has 1 aliphatic heterocycles. The van der Waals surface area contributed by atoms with Crippen LogP contribution in [0.5, 0.6) is 0 Å². The first-order valence-corrected chi connectivity index (χ1v) is 9.10. The van der Waals surface area contributed by atoms with Crippen molar-refractivity contribution < 1.29 is 14.3 Å². The summed E-state index contributed by atoms with van der Waals surface area (Å²) in [7, 11) is 0. The van der Waals surface area contributed by atoms with Crippen molar-refractivity contribution in [2.75, 3.05) is 31.6 Å². The van der Waals surface area contributed by atoms with E-state index in [2.05, 4.69) is 10.2 Å². The summed E-state index contributed by atoms with van der Waals surface area (Å²) in [6.45, 7) is 4.33. The van der Waals surface area contributed by atoms with Gasteiger partial charge in [-0.1, -0.05) is 0 Å². The number of nitrogens with one attached hydrogen (secondary N) is 2. The number of amides is 1. The van der Waals surface area contributed by atoms with E-state index in [4.69, 9.17) is 15.9 Å². The monoisotopic (exact) mass is 360 g/mol. The molecule has 1 saturated heterocycles. The molecule has 2 rings (SSSR count). The third kappa shape index (κ3) is 6.48. The maximum Gasteiger partial charge on any atom is 0.320 e. The van der Waals surface area contributed by atoms with Gasteiger partial charge in [-0.3, -0.25) is 19.9 Å². The maximum absolute atomic E-state index is 12.1. The zero-order chi connectivity index (χ0) is 18.9. The molecule has 0 bridgehead atoms. The van der Waals surface area contributed by atoms with Crippen molar-refractivity contribution in [2.24, 2.45) is 11.7 Å². The molecular formula is C19H28N4O3. The average molecular weight is 360 g/mol. The molecule has 1 heterocycles. The van der Waals surface area contributed by atoms with Crippen molar-refractivity contribution in [2.45, 2.75) is 32.6 Å². The lowest BCUT2D eigenvalue weighted by Gasteiger charge is -2.31. The molecule has 0 spiro atoms. The molecule has 0 unspecified atom stereocenters. The molecule has 1 fully saturated rings. The van der Waals surface area contributed by atoms with E-state index in [1.54, 1.807) is 24.3 Å². The predicted molar refractivity (Wildman–Crippen MR) is 101 cm³/mol. The number of amidine groups is 1. The second-order valence-corrected chi connectivity index (χ2v) is 6.60. The van der Waals surface area contributed by atoms with E-state index < -0.39 is 0 Å². The van der Waals surface area contributed by atoms with E-state index in [9.17, 15) is 9.59 Å². The van der Waals surface area contributed by atoms with Gasteiger partial charge >= 0.3 is 5.97 Å². The molecule has 4 N–H and O–H groups in total. The Morgan fingerprint density at radius 3 is 2.50 bits per heavy atom. The van der Waals surface area contributed by atoms with Gasteiger partial charge in [0, 0.05) is 17.7 Å². The van der Waals surface area contributed by atoms with Gasteiger partial charge in [-0.15, -0.1) is 0 Å². The molecule has 0 atom stereocenters. The lowest BCUT2D eigenvalue weighted by atomic mass is 9.92. The minimum absolute atomic E-state index is 0.00507. The maximum atomic E-state index is 12.1. The molecule has 1 aromatic rings. The summed E-state index contributed by atoms with van der Waals surface area (Å²) in [6.07, 6.45) is 3.33. The van der Waals surface area contributed by atoms with E-state index in [1.165, 1.54) is 0 Å². The molecule has 7 heteroatoms. The molecule has 1 aliphatic rings. The third-order valence-electron chi connectivity index (χ3n) is 4.62. The fraction of sp³-hybridized carbons (Fsp3) is 0.526. The molecule has 0 aromatic heterocycles. The lowest BCUT2D eigenvalue weighted by molar-refractivity contribution is -0.144. The Morgan fingerprint density at radius 1 is 1.27 bits per heavy atom. The van der Waals surface area contributed by atoms with Crippen molar-refractivity contribution >= 4 is 23.4 Å². The molecule has 0 saturated carbocycles. The van der Waals surface area contributed by atoms with Gasteiger partial charge in [0.1, 0.15) is 5.84 Å². The van der Waals surface area contributed by atoms with Crippen LogP contribution in [-0.2, 0) is 14.3 Å². The molecule has 0 aliphatic carbocycles. The zero-order valence-electron chi connectivity index (χ0n) is 15.3. The standard InChI is InChI=1S/C19H28N4O3/c1-2-26-18(25)13-23-11-9-14(10-12-23)3-8-17(24)22-16-6-4-15(5-7-16)19(20)21/h4-7,14H,2-3,8-13H2,1H3,(H3,20,21)(H,22,24). The van der Waals surface area contributed by atoms with Crippen molar-refractivity contribution in [1.82, 2.24) is 4.90 Å². The number of nitrogen functional groups attached to an aromatic ring is 1. The molecule has 1 aromatic carbocycles. The number of hydrogen-bond donors (Lipinski definition) is 3. The highest BCUT2D eigenvalue weighted by Gasteiger charge is 2.21. The Balaban J connectivity index is 1.67. The normalized spacial score (nSPS) is 15.4. The van der Waals surface area contributed by atoms with Crippen LogP contribution in [0.3, 0.4) is 0 Å². The van der Waals surface area contributed by atoms with Gasteiger partial charge < -0.3 is 15.8 Å². The number of carbonyl (C=O) groups is 2. The van der Waals surface area contributed by atoms with Crippen LogP contribution in [0, 0.1) is 11.3 Å². The number of rotatable bonds is 8. The summed E-state index contributed by atoms with van der Waals surface area (Å²) in [5.41, 5.74) is 6.76. The van der Waals surface area contributed by atoms with Gasteiger partial charge in [0.2, 0.25) is 5.91 Å². The molecule has 0 radical (unpaired) electrons. The number of ether oxygens (including phenoxy) is 1. The number of nitrogens with two attached hydrogens (primary N) is 1. The fourth-order valence-corrected chi connectivity index (χ4v) is 3.11. The summed E-state index contributed by atoms with van der Waals surface area (Å²) in [4.78, 5) is 25.7. The highest BCUT2D eigenvalue weighted by molar-refractivity contribution is 5.96. The van der Waals surface area contributed by atoms with Crippen molar-refractivity contribution in [3.63, 3.8) is 0 Å². The van der Waals surface area contributed by atoms with Crippen LogP contribution in [0.25, 0.3) is 0 Å². The van der Waals surface area contributed by atoms with Crippen LogP contribution >= 0.6 is 0 Å². The Hall–Kier alpha value is -2.41. The Bertz CT molecular complexity index is 622. The number of piperidine rings is 1. The first-order chi connectivity index (χ1) is 12.5. The summed E-state index contributed by atoms with van der Waals surface area (Å²) < 4.78 is 4.98. The zero-order valence-corrected chi connectivity index (χ0v) is 15.3. The van der Waals surface area contributed by atoms with Gasteiger partial charge in [-0.05, 0) is 69.5 Å². The largest absolute Gasteiger partial charge is 0.465 e. The third-order valence-corrected chi connectivity index (χ3v) is 4.62. The van der Waals surface area contributed by atoms with Gasteiger partial charge in [0.05, 0.1) is 13.2 Å². The number of hydrogen-bond acceptors (Lipinski definition) is 5. The van der Waals surface area contributed by atoms with E-state index in [0.717, 1.165) is 32.4 Å². The van der Waals surface area contributed by atoms with Gasteiger partial charge in [-0.2, -0.15) is 0 Å². The number of carbonyl (C=O) groups excluding carboxylic acids is 2. The molecule has 7 nitrogen and oxygen atoms in total. The summed E-state index contributed by atoms with van der Waals surface area (Å²) in [6, 6.07) is 6.94. The number of likely N-dealkylation sites (tertiary alicyclic amines) is 1. The first kappa shape index (κ1) is 19.9. The van der Waals surface area contributed by atoms with Crippen LogP contribution in [0.1, 0.15) is 38.2 Å². The fourth-order valence-electron chi connectivity index (χ4n) is 3.11. The highest BCUT2D eigenvalue weighted by atomic mass is 16.5. The first-order valence-electron chi connectivity index (χ1n) is 9.10. The smallest absolute Gasteiger partial charge is 0.320 e. The van der Waals surface area contributed by atoms with Crippen molar-refractivity contribution in [3.05, 3.63) is 29.8 Å². The number of anilines is 1. The minimum atomic E-state index is -0.166. The topological polar surface area (TPSA) is 109 Å². The van der Waals surface area contributed by atoms with Gasteiger partial charge in [-0.25, -0.2) is 0 Å². The van der Waals surface area contributed by atoms with Crippen molar-refractivity contribution in [3.8, 4) is 0 Å². The second-order valence-electron chi connectivity index (χ2n) is 6.60. The number of esters is 1. The van der Waals surface area contributed by atoms with E-state index >= 15 is 0 Å². The Morgan fingerprint density at radius 2 is 1.92 bits per heavy atom. The van der Waals surface area contributed by atoms with Crippen molar-refractivity contribution in [1.29, 1.82) is 5.41 Å². The molecular weight excluding hydrogens is 332 g/mol. The lowest BCUT2D eigenvalue weighted by Crippen LogP contribution is -2.38. The summed E-state index contributed by atoms with van der Waals surface area (Å²) in [5.74, 6) is 0.354. The van der Waals surface area contributed by atoms with Gasteiger partial charge in [0.25, 0.3) is 0 Å². The van der Waals surface area contributed by atoms with Crippen LogP contribution in [0.15, 0.2) is 24.3 Å². The SMILES string of the molecule is CCOC(=O)CN1CCC(CCC(=O)Nc2ccc(C(=N)N)cc2)CC1. The van der Waals surface area contributed by atoms with Crippen LogP contribution in [0.2, 0.25) is 0 Å². The molecule has 26 heavy (non-hydrogen) atoms. The Kier molecular flexibility index (Phi) is 7.59. The predicted octanol–water partition coefficient (Wildman–Crippen LogP) is 1.96. The van der Waals surface area contributed by atoms with Crippen LogP contribution < -0.4 is 11.1 Å². The van der Waals surface area contributed by atoms with E-state index in [1.807, 2.05) is 6.92 Å². The van der Waals surface area contributed by atoms with Crippen LogP contribution in [0.4, 0.5) is 5.69 Å². The highest BCUT2D eigenvalue weighted by Crippen LogP contribution is 2.22. The van der Waals surface area contributed by atoms with Gasteiger partial charge in [0.15, 0.2) is 0 Å². The quantitative estimate of drug-likeness (QED) is 0.373. The summed E-state index contributed by atoms with van der Waals surface area (Å²) >= 11 is 0. The van der Waals surface area contributed by atoms with E-state index in [-0.39, 0.29) is 17.7 Å². The van der Waals surface area contributed by atoms with E-state index in [0.29, 0.717) is 36.7 Å². The van der Waals surface area contributed by atoms with Crippen LogP contribution in [-0.4, -0.2) is 48.9 Å².